The zero-order valence-electron chi connectivity index (χ0n) is 12.1. The van der Waals surface area contributed by atoms with Crippen molar-refractivity contribution < 1.29 is 0 Å². The van der Waals surface area contributed by atoms with Crippen molar-refractivity contribution in [3.63, 3.8) is 0 Å². The second-order valence-electron chi connectivity index (χ2n) is 5.10. The third-order valence-corrected chi connectivity index (χ3v) is 4.54. The van der Waals surface area contributed by atoms with Crippen molar-refractivity contribution in [1.29, 1.82) is 5.26 Å². The molecule has 3 rings (SSSR count). The van der Waals surface area contributed by atoms with E-state index in [0.29, 0.717) is 5.57 Å². The summed E-state index contributed by atoms with van der Waals surface area (Å²) in [6.45, 7) is 4.19. The lowest BCUT2D eigenvalue weighted by Crippen LogP contribution is -1.83. The molecule has 0 bridgehead atoms. The summed E-state index contributed by atoms with van der Waals surface area (Å²) in [7, 11) is 0. The van der Waals surface area contributed by atoms with Gasteiger partial charge in [0, 0.05) is 9.75 Å². The summed E-state index contributed by atoms with van der Waals surface area (Å²) in [5, 5.41) is 11.9. The number of thiophene rings is 1. The Kier molecular flexibility index (Phi) is 3.60. The Balaban J connectivity index is 2.10. The van der Waals surface area contributed by atoms with Gasteiger partial charge in [-0.15, -0.1) is 11.3 Å². The van der Waals surface area contributed by atoms with Crippen LogP contribution in [0, 0.1) is 25.2 Å². The number of hydrogen-bond donors (Lipinski definition) is 0. The molecule has 0 spiro atoms. The highest BCUT2D eigenvalue weighted by Crippen LogP contribution is 2.27. The summed E-state index contributed by atoms with van der Waals surface area (Å²) in [5.74, 6) is 0. The van der Waals surface area contributed by atoms with E-state index in [0.717, 1.165) is 16.5 Å². The first kappa shape index (κ1) is 13.6. The van der Waals surface area contributed by atoms with Crippen LogP contribution in [-0.4, -0.2) is 0 Å². The molecule has 0 radical (unpaired) electrons. The fourth-order valence-corrected chi connectivity index (χ4v) is 3.39. The smallest absolute Gasteiger partial charge is 0.0998 e. The second-order valence-corrected chi connectivity index (χ2v) is 6.56. The van der Waals surface area contributed by atoms with Gasteiger partial charge in [-0.05, 0) is 54.0 Å². The minimum atomic E-state index is 0.710. The molecule has 0 fully saturated rings. The van der Waals surface area contributed by atoms with Crippen LogP contribution in [0.15, 0.2) is 48.5 Å². The Labute approximate surface area is 128 Å². The van der Waals surface area contributed by atoms with Gasteiger partial charge in [0.2, 0.25) is 0 Å². The lowest BCUT2D eigenvalue weighted by atomic mass is 10.0. The molecule has 0 aliphatic carbocycles. The van der Waals surface area contributed by atoms with Gasteiger partial charge in [0.1, 0.15) is 0 Å². The summed E-state index contributed by atoms with van der Waals surface area (Å²) in [6.07, 6.45) is 1.99. The molecular weight excluding hydrogens is 274 g/mol. The number of fused-ring (bicyclic) bond motifs is 1. The Morgan fingerprint density at radius 3 is 2.48 bits per heavy atom. The standard InChI is InChI=1S/C19H15NS/c1-13-9-18(14(2)21-13)11-19(12-20)17-8-7-15-5-3-4-6-16(15)10-17/h3-11H,1-2H3/b19-11+. The largest absolute Gasteiger partial charge is 0.192 e. The SMILES string of the molecule is Cc1cc(/C=C(\C#N)c2ccc3ccccc3c2)c(C)s1. The van der Waals surface area contributed by atoms with Crippen LogP contribution in [0.1, 0.15) is 20.9 Å². The van der Waals surface area contributed by atoms with Gasteiger partial charge >= 0.3 is 0 Å². The van der Waals surface area contributed by atoms with Crippen LogP contribution in [-0.2, 0) is 0 Å². The highest BCUT2D eigenvalue weighted by Gasteiger charge is 2.05. The van der Waals surface area contributed by atoms with Gasteiger partial charge in [0.05, 0.1) is 11.6 Å². The van der Waals surface area contributed by atoms with Crippen LogP contribution in [0.5, 0.6) is 0 Å². The molecule has 0 aliphatic heterocycles. The number of nitriles is 1. The average Bonchev–Trinajstić information content (AvgIpc) is 2.82. The number of nitrogens with zero attached hydrogens (tertiary/aromatic N) is 1. The molecule has 2 aromatic carbocycles. The van der Waals surface area contributed by atoms with E-state index in [-0.39, 0.29) is 0 Å². The summed E-state index contributed by atoms with van der Waals surface area (Å²) in [4.78, 5) is 2.52. The van der Waals surface area contributed by atoms with E-state index in [4.69, 9.17) is 0 Å². The van der Waals surface area contributed by atoms with Crippen LogP contribution in [0.2, 0.25) is 0 Å². The highest BCUT2D eigenvalue weighted by molar-refractivity contribution is 7.12. The maximum Gasteiger partial charge on any atom is 0.0998 e. The van der Waals surface area contributed by atoms with Gasteiger partial charge in [-0.1, -0.05) is 36.4 Å². The number of rotatable bonds is 2. The molecule has 1 aromatic heterocycles. The predicted molar refractivity (Wildman–Crippen MR) is 91.2 cm³/mol. The zero-order valence-corrected chi connectivity index (χ0v) is 12.9. The molecule has 21 heavy (non-hydrogen) atoms. The van der Waals surface area contributed by atoms with Crippen LogP contribution in [0.3, 0.4) is 0 Å². The summed E-state index contributed by atoms with van der Waals surface area (Å²) < 4.78 is 0. The first-order chi connectivity index (χ1) is 10.2. The van der Waals surface area contributed by atoms with E-state index in [1.165, 1.54) is 15.1 Å². The molecule has 102 valence electrons. The van der Waals surface area contributed by atoms with Crippen molar-refractivity contribution in [3.05, 3.63) is 69.4 Å². The van der Waals surface area contributed by atoms with E-state index >= 15 is 0 Å². The quantitative estimate of drug-likeness (QED) is 0.565. The van der Waals surface area contributed by atoms with E-state index < -0.39 is 0 Å². The Morgan fingerprint density at radius 2 is 1.81 bits per heavy atom. The normalized spacial score (nSPS) is 11.6. The lowest BCUT2D eigenvalue weighted by molar-refractivity contribution is 1.52. The van der Waals surface area contributed by atoms with Crippen molar-refractivity contribution in [1.82, 2.24) is 0 Å². The molecule has 3 aromatic rings. The predicted octanol–water partition coefficient (Wildman–Crippen LogP) is 5.58. The fraction of sp³-hybridized carbons (Fsp3) is 0.105. The molecule has 0 atom stereocenters. The monoisotopic (exact) mass is 289 g/mol. The third kappa shape index (κ3) is 2.74. The van der Waals surface area contributed by atoms with Gasteiger partial charge < -0.3 is 0 Å². The molecule has 0 saturated carbocycles. The lowest BCUT2D eigenvalue weighted by Gasteiger charge is -2.03. The fourth-order valence-electron chi connectivity index (χ4n) is 2.49. The topological polar surface area (TPSA) is 23.8 Å². The van der Waals surface area contributed by atoms with Gasteiger partial charge in [-0.3, -0.25) is 0 Å². The van der Waals surface area contributed by atoms with Crippen molar-refractivity contribution in [2.24, 2.45) is 0 Å². The Hall–Kier alpha value is -2.37. The molecule has 0 aliphatic rings. The second kappa shape index (κ2) is 5.55. The Bertz CT molecular complexity index is 878. The molecule has 0 saturated heterocycles. The van der Waals surface area contributed by atoms with E-state index in [2.05, 4.69) is 50.2 Å². The van der Waals surface area contributed by atoms with Crippen molar-refractivity contribution >= 4 is 33.8 Å². The first-order valence-electron chi connectivity index (χ1n) is 6.85. The first-order valence-corrected chi connectivity index (χ1v) is 7.67. The molecule has 0 amide bonds. The van der Waals surface area contributed by atoms with Gasteiger partial charge in [-0.25, -0.2) is 0 Å². The number of benzene rings is 2. The summed E-state index contributed by atoms with van der Waals surface area (Å²) >= 11 is 1.77. The van der Waals surface area contributed by atoms with E-state index in [1.54, 1.807) is 11.3 Å². The minimum Gasteiger partial charge on any atom is -0.192 e. The number of hydrogen-bond acceptors (Lipinski definition) is 2. The summed E-state index contributed by atoms with van der Waals surface area (Å²) in [6, 6.07) is 18.9. The third-order valence-electron chi connectivity index (χ3n) is 3.56. The Morgan fingerprint density at radius 1 is 1.05 bits per heavy atom. The van der Waals surface area contributed by atoms with Crippen LogP contribution >= 0.6 is 11.3 Å². The number of allylic oxidation sites excluding steroid dienone is 1. The van der Waals surface area contributed by atoms with Gasteiger partial charge in [-0.2, -0.15) is 5.26 Å². The maximum atomic E-state index is 9.50. The molecular formula is C19H15NS. The minimum absolute atomic E-state index is 0.710. The zero-order chi connectivity index (χ0) is 14.8. The van der Waals surface area contributed by atoms with Crippen LogP contribution in [0.4, 0.5) is 0 Å². The van der Waals surface area contributed by atoms with E-state index in [1.807, 2.05) is 24.3 Å². The summed E-state index contributed by atoms with van der Waals surface area (Å²) in [5.41, 5.74) is 2.82. The van der Waals surface area contributed by atoms with Crippen molar-refractivity contribution in [3.8, 4) is 6.07 Å². The molecule has 1 heterocycles. The van der Waals surface area contributed by atoms with E-state index in [9.17, 15) is 5.26 Å². The average molecular weight is 289 g/mol. The van der Waals surface area contributed by atoms with Crippen molar-refractivity contribution in [2.45, 2.75) is 13.8 Å². The highest BCUT2D eigenvalue weighted by atomic mass is 32.1. The molecule has 1 nitrogen and oxygen atoms in total. The van der Waals surface area contributed by atoms with Crippen LogP contribution in [0.25, 0.3) is 22.4 Å². The van der Waals surface area contributed by atoms with Crippen LogP contribution < -0.4 is 0 Å². The van der Waals surface area contributed by atoms with Crippen molar-refractivity contribution in [2.75, 3.05) is 0 Å². The number of aryl methyl sites for hydroxylation is 2. The molecule has 0 N–H and O–H groups in total. The van der Waals surface area contributed by atoms with Gasteiger partial charge in [0.25, 0.3) is 0 Å². The molecule has 2 heteroatoms. The van der Waals surface area contributed by atoms with Gasteiger partial charge in [0.15, 0.2) is 0 Å². The molecule has 0 unspecified atom stereocenters. The maximum absolute atomic E-state index is 9.50.